The van der Waals surface area contributed by atoms with Crippen LogP contribution in [0.5, 0.6) is 0 Å². The van der Waals surface area contributed by atoms with Gasteiger partial charge < -0.3 is 4.90 Å². The van der Waals surface area contributed by atoms with E-state index in [0.29, 0.717) is 5.65 Å². The van der Waals surface area contributed by atoms with Crippen LogP contribution >= 0.6 is 22.6 Å². The molecule has 1 N–H and O–H groups in total. The topological polar surface area (TPSA) is 57.7 Å². The summed E-state index contributed by atoms with van der Waals surface area (Å²) in [5.74, 6) is 0.892. The molecule has 0 bridgehead atoms. The number of halogens is 1. The molecule has 2 aromatic heterocycles. The summed E-state index contributed by atoms with van der Waals surface area (Å²) in [5, 5.41) is 7.91. The molecule has 68 valence electrons. The summed E-state index contributed by atoms with van der Waals surface area (Å²) in [6.07, 6.45) is 1.52. The van der Waals surface area contributed by atoms with Crippen molar-refractivity contribution < 1.29 is 0 Å². The highest BCUT2D eigenvalue weighted by atomic mass is 127. The van der Waals surface area contributed by atoms with E-state index in [9.17, 15) is 0 Å². The normalized spacial score (nSPS) is 10.7. The molecule has 2 aromatic rings. The number of hydrogen-bond donors (Lipinski definition) is 1. The summed E-state index contributed by atoms with van der Waals surface area (Å²) in [6.45, 7) is 0. The second-order valence-electron chi connectivity index (χ2n) is 2.83. The van der Waals surface area contributed by atoms with E-state index >= 15 is 0 Å². The van der Waals surface area contributed by atoms with Gasteiger partial charge in [0.25, 0.3) is 0 Å². The van der Waals surface area contributed by atoms with E-state index in [1.807, 2.05) is 19.0 Å². The van der Waals surface area contributed by atoms with Crippen molar-refractivity contribution in [1.82, 2.24) is 20.2 Å². The lowest BCUT2D eigenvalue weighted by Gasteiger charge is -2.10. The zero-order chi connectivity index (χ0) is 9.42. The van der Waals surface area contributed by atoms with Crippen LogP contribution in [0.3, 0.4) is 0 Å². The Kier molecular flexibility index (Phi) is 2.06. The SMILES string of the molecule is CN(C)c1ncnc2n[nH]c(I)c12. The van der Waals surface area contributed by atoms with Gasteiger partial charge in [-0.05, 0) is 22.6 Å². The molecule has 0 unspecified atom stereocenters. The molecule has 2 rings (SSSR count). The third-order valence-corrected chi connectivity index (χ3v) is 2.49. The summed E-state index contributed by atoms with van der Waals surface area (Å²) >= 11 is 2.19. The van der Waals surface area contributed by atoms with Crippen LogP contribution in [-0.4, -0.2) is 34.3 Å². The first kappa shape index (κ1) is 8.67. The minimum Gasteiger partial charge on any atom is -0.362 e. The molecule has 2 heterocycles. The van der Waals surface area contributed by atoms with Crippen molar-refractivity contribution in [1.29, 1.82) is 0 Å². The Morgan fingerprint density at radius 3 is 2.85 bits per heavy atom. The summed E-state index contributed by atoms with van der Waals surface area (Å²) in [5.41, 5.74) is 0.711. The lowest BCUT2D eigenvalue weighted by atomic mass is 10.4. The zero-order valence-electron chi connectivity index (χ0n) is 7.24. The van der Waals surface area contributed by atoms with Crippen molar-refractivity contribution in [2.24, 2.45) is 0 Å². The van der Waals surface area contributed by atoms with Crippen LogP contribution in [0.4, 0.5) is 5.82 Å². The molecule has 13 heavy (non-hydrogen) atoms. The summed E-state index contributed by atoms with van der Waals surface area (Å²) < 4.78 is 0.969. The van der Waals surface area contributed by atoms with E-state index in [2.05, 4.69) is 42.8 Å². The number of nitrogens with zero attached hydrogens (tertiary/aromatic N) is 4. The predicted molar refractivity (Wildman–Crippen MR) is 58.7 cm³/mol. The molecule has 0 amide bonds. The van der Waals surface area contributed by atoms with Crippen molar-refractivity contribution in [3.63, 3.8) is 0 Å². The van der Waals surface area contributed by atoms with Gasteiger partial charge in [-0.3, -0.25) is 5.10 Å². The average molecular weight is 289 g/mol. The molecule has 0 aliphatic rings. The quantitative estimate of drug-likeness (QED) is 0.796. The van der Waals surface area contributed by atoms with E-state index in [-0.39, 0.29) is 0 Å². The molecule has 6 heteroatoms. The second-order valence-corrected chi connectivity index (χ2v) is 3.91. The Bertz CT molecular complexity index is 435. The number of nitrogens with one attached hydrogen (secondary N) is 1. The van der Waals surface area contributed by atoms with Crippen LogP contribution in [0.1, 0.15) is 0 Å². The highest BCUT2D eigenvalue weighted by molar-refractivity contribution is 14.1. The number of aromatic nitrogens is 4. The third-order valence-electron chi connectivity index (χ3n) is 1.71. The van der Waals surface area contributed by atoms with Crippen molar-refractivity contribution in [3.8, 4) is 0 Å². The monoisotopic (exact) mass is 289 g/mol. The summed E-state index contributed by atoms with van der Waals surface area (Å²) in [4.78, 5) is 10.2. The number of rotatable bonds is 1. The van der Waals surface area contributed by atoms with Crippen molar-refractivity contribution in [3.05, 3.63) is 10.0 Å². The molecule has 0 aromatic carbocycles. The maximum absolute atomic E-state index is 4.19. The first-order valence-electron chi connectivity index (χ1n) is 3.72. The molecule has 0 aliphatic carbocycles. The first-order chi connectivity index (χ1) is 6.20. The van der Waals surface area contributed by atoms with Crippen LogP contribution in [0.2, 0.25) is 0 Å². The van der Waals surface area contributed by atoms with Crippen molar-refractivity contribution in [2.75, 3.05) is 19.0 Å². The minimum atomic E-state index is 0.711. The number of hydrogen-bond acceptors (Lipinski definition) is 4. The molecule has 0 aliphatic heterocycles. The number of fused-ring (bicyclic) bond motifs is 1. The van der Waals surface area contributed by atoms with Gasteiger partial charge in [-0.2, -0.15) is 5.10 Å². The minimum absolute atomic E-state index is 0.711. The smallest absolute Gasteiger partial charge is 0.187 e. The molecule has 0 fully saturated rings. The standard InChI is InChI=1S/C7H8IN5/c1-13(2)7-4-5(8)11-12-6(4)9-3-10-7/h3H,1-2H3,(H,9,10,11,12). The molecule has 0 atom stereocenters. The van der Waals surface area contributed by atoms with Gasteiger partial charge in [0.1, 0.15) is 15.8 Å². The number of anilines is 1. The first-order valence-corrected chi connectivity index (χ1v) is 4.80. The van der Waals surface area contributed by atoms with Gasteiger partial charge in [-0.1, -0.05) is 0 Å². The van der Waals surface area contributed by atoms with E-state index < -0.39 is 0 Å². The maximum atomic E-state index is 4.19. The molecular weight excluding hydrogens is 281 g/mol. The van der Waals surface area contributed by atoms with Crippen molar-refractivity contribution in [2.45, 2.75) is 0 Å². The maximum Gasteiger partial charge on any atom is 0.187 e. The van der Waals surface area contributed by atoms with Crippen LogP contribution in [0.25, 0.3) is 11.0 Å². The van der Waals surface area contributed by atoms with Gasteiger partial charge in [-0.15, -0.1) is 0 Å². The highest BCUT2D eigenvalue weighted by Gasteiger charge is 2.11. The van der Waals surface area contributed by atoms with E-state index in [1.54, 1.807) is 0 Å². The number of aromatic amines is 1. The van der Waals surface area contributed by atoms with Gasteiger partial charge >= 0.3 is 0 Å². The Labute approximate surface area is 88.7 Å². The summed E-state index contributed by atoms with van der Waals surface area (Å²) in [6, 6.07) is 0. The van der Waals surface area contributed by atoms with Crippen LogP contribution in [0, 0.1) is 3.70 Å². The van der Waals surface area contributed by atoms with Gasteiger partial charge in [0.2, 0.25) is 0 Å². The third kappa shape index (κ3) is 1.34. The van der Waals surface area contributed by atoms with E-state index in [4.69, 9.17) is 0 Å². The Morgan fingerprint density at radius 1 is 1.38 bits per heavy atom. The molecule has 0 spiro atoms. The molecular formula is C7H8IN5. The lowest BCUT2D eigenvalue weighted by Crippen LogP contribution is -2.11. The Morgan fingerprint density at radius 2 is 2.15 bits per heavy atom. The Hall–Kier alpha value is -0.920. The van der Waals surface area contributed by atoms with Crippen LogP contribution in [0.15, 0.2) is 6.33 Å². The van der Waals surface area contributed by atoms with Crippen LogP contribution in [-0.2, 0) is 0 Å². The number of H-pyrrole nitrogens is 1. The highest BCUT2D eigenvalue weighted by Crippen LogP contribution is 2.23. The second kappa shape index (κ2) is 3.09. The lowest BCUT2D eigenvalue weighted by molar-refractivity contribution is 1.05. The molecule has 0 saturated carbocycles. The Balaban J connectivity index is 2.80. The van der Waals surface area contributed by atoms with Gasteiger partial charge in [-0.25, -0.2) is 9.97 Å². The largest absolute Gasteiger partial charge is 0.362 e. The average Bonchev–Trinajstić information content (AvgIpc) is 2.48. The fourth-order valence-electron chi connectivity index (χ4n) is 1.15. The summed E-state index contributed by atoms with van der Waals surface area (Å²) in [7, 11) is 3.90. The fraction of sp³-hybridized carbons (Fsp3) is 0.286. The molecule has 0 saturated heterocycles. The molecule has 5 nitrogen and oxygen atoms in total. The van der Waals surface area contributed by atoms with E-state index in [0.717, 1.165) is 14.9 Å². The van der Waals surface area contributed by atoms with Crippen molar-refractivity contribution >= 4 is 39.4 Å². The van der Waals surface area contributed by atoms with Gasteiger partial charge in [0.15, 0.2) is 5.65 Å². The van der Waals surface area contributed by atoms with Gasteiger partial charge in [0, 0.05) is 14.1 Å². The zero-order valence-corrected chi connectivity index (χ0v) is 9.40. The van der Waals surface area contributed by atoms with E-state index in [1.165, 1.54) is 6.33 Å². The van der Waals surface area contributed by atoms with Gasteiger partial charge in [0.05, 0.1) is 5.39 Å². The molecule has 0 radical (unpaired) electrons. The fourth-order valence-corrected chi connectivity index (χ4v) is 1.75. The predicted octanol–water partition coefficient (Wildman–Crippen LogP) is 1.02. The van der Waals surface area contributed by atoms with Crippen LogP contribution < -0.4 is 4.90 Å².